The summed E-state index contributed by atoms with van der Waals surface area (Å²) >= 11 is 0. The molecule has 1 aromatic carbocycles. The minimum absolute atomic E-state index is 0.220. The Labute approximate surface area is 106 Å². The molecule has 1 N–H and O–H groups in total. The lowest BCUT2D eigenvalue weighted by Gasteiger charge is -2.26. The van der Waals surface area contributed by atoms with E-state index in [9.17, 15) is 18.0 Å². The highest BCUT2D eigenvalue weighted by Crippen LogP contribution is 2.33. The molecule has 0 aromatic heterocycles. The SMILES string of the molecule is COC(=O)C1(c2ccc(C(F)(F)F)cc2)NC=CO1. The number of esters is 1. The normalized spacial score (nSPS) is 21.7. The quantitative estimate of drug-likeness (QED) is 0.838. The third-order valence-electron chi connectivity index (χ3n) is 2.69. The van der Waals surface area contributed by atoms with E-state index >= 15 is 0 Å². The first kappa shape index (κ1) is 13.3. The first-order chi connectivity index (χ1) is 8.90. The summed E-state index contributed by atoms with van der Waals surface area (Å²) in [6.07, 6.45) is -1.83. The van der Waals surface area contributed by atoms with Crippen LogP contribution < -0.4 is 5.32 Å². The third kappa shape index (κ3) is 2.23. The van der Waals surface area contributed by atoms with Crippen molar-refractivity contribution < 1.29 is 27.4 Å². The fourth-order valence-electron chi connectivity index (χ4n) is 1.74. The van der Waals surface area contributed by atoms with Crippen LogP contribution in [-0.4, -0.2) is 13.1 Å². The summed E-state index contributed by atoms with van der Waals surface area (Å²) in [7, 11) is 1.16. The predicted octanol–water partition coefficient (Wildman–Crippen LogP) is 2.12. The summed E-state index contributed by atoms with van der Waals surface area (Å²) in [6.45, 7) is 0. The van der Waals surface area contributed by atoms with Crippen molar-refractivity contribution in [1.29, 1.82) is 0 Å². The number of nitrogens with one attached hydrogen (secondary N) is 1. The van der Waals surface area contributed by atoms with Gasteiger partial charge in [0.2, 0.25) is 0 Å². The molecule has 0 fully saturated rings. The molecule has 0 saturated heterocycles. The van der Waals surface area contributed by atoms with E-state index in [0.717, 1.165) is 19.2 Å². The number of benzene rings is 1. The van der Waals surface area contributed by atoms with Crippen molar-refractivity contribution in [2.24, 2.45) is 0 Å². The third-order valence-corrected chi connectivity index (χ3v) is 2.69. The van der Waals surface area contributed by atoms with Crippen molar-refractivity contribution in [2.45, 2.75) is 11.9 Å². The molecule has 0 saturated carbocycles. The summed E-state index contributed by atoms with van der Waals surface area (Å²) in [4.78, 5) is 11.7. The second-order valence-corrected chi connectivity index (χ2v) is 3.81. The molecular formula is C12H10F3NO3. The molecule has 1 aliphatic rings. The summed E-state index contributed by atoms with van der Waals surface area (Å²) < 4.78 is 47.2. The average molecular weight is 273 g/mol. The fraction of sp³-hybridized carbons (Fsp3) is 0.250. The smallest absolute Gasteiger partial charge is 0.416 e. The van der Waals surface area contributed by atoms with Crippen LogP contribution in [0.2, 0.25) is 0 Å². The first-order valence-electron chi connectivity index (χ1n) is 5.27. The zero-order valence-corrected chi connectivity index (χ0v) is 9.82. The van der Waals surface area contributed by atoms with Gasteiger partial charge in [-0.3, -0.25) is 0 Å². The molecule has 1 atom stereocenters. The number of hydrogen-bond acceptors (Lipinski definition) is 4. The lowest BCUT2D eigenvalue weighted by atomic mass is 10.0. The molecule has 2 rings (SSSR count). The maximum Gasteiger partial charge on any atom is 0.416 e. The van der Waals surface area contributed by atoms with E-state index in [1.54, 1.807) is 0 Å². The van der Waals surface area contributed by atoms with Crippen molar-refractivity contribution >= 4 is 5.97 Å². The van der Waals surface area contributed by atoms with Gasteiger partial charge in [0.25, 0.3) is 0 Å². The van der Waals surface area contributed by atoms with Crippen LogP contribution in [0.25, 0.3) is 0 Å². The number of halogens is 3. The highest BCUT2D eigenvalue weighted by Gasteiger charge is 2.45. The van der Waals surface area contributed by atoms with Crippen LogP contribution >= 0.6 is 0 Å². The Morgan fingerprint density at radius 3 is 2.37 bits per heavy atom. The van der Waals surface area contributed by atoms with Crippen LogP contribution in [0.4, 0.5) is 13.2 Å². The minimum Gasteiger partial charge on any atom is -0.464 e. The molecule has 0 spiro atoms. The number of hydrogen-bond donors (Lipinski definition) is 1. The fourth-order valence-corrected chi connectivity index (χ4v) is 1.74. The van der Waals surface area contributed by atoms with Gasteiger partial charge in [-0.1, -0.05) is 12.1 Å². The molecule has 0 amide bonds. The number of carbonyl (C=O) groups is 1. The Bertz CT molecular complexity index is 500. The summed E-state index contributed by atoms with van der Waals surface area (Å²) in [5.74, 6) is -0.753. The number of carbonyl (C=O) groups excluding carboxylic acids is 1. The molecule has 1 unspecified atom stereocenters. The van der Waals surface area contributed by atoms with Crippen LogP contribution in [0, 0.1) is 0 Å². The molecule has 1 aromatic rings. The van der Waals surface area contributed by atoms with Crippen molar-refractivity contribution in [3.05, 3.63) is 47.9 Å². The molecular weight excluding hydrogens is 263 g/mol. The van der Waals surface area contributed by atoms with E-state index in [4.69, 9.17) is 4.74 Å². The standard InChI is InChI=1S/C12H10F3NO3/c1-18-10(17)11(16-6-7-19-11)8-2-4-9(5-3-8)12(13,14)15/h2-7,16H,1H3. The van der Waals surface area contributed by atoms with Gasteiger partial charge in [-0.2, -0.15) is 13.2 Å². The Morgan fingerprint density at radius 1 is 1.32 bits per heavy atom. The lowest BCUT2D eigenvalue weighted by molar-refractivity contribution is -0.164. The molecule has 19 heavy (non-hydrogen) atoms. The minimum atomic E-state index is -4.43. The molecule has 102 valence electrons. The van der Waals surface area contributed by atoms with Gasteiger partial charge < -0.3 is 14.8 Å². The maximum atomic E-state index is 12.5. The zero-order chi connectivity index (χ0) is 14.1. The Morgan fingerprint density at radius 2 is 1.95 bits per heavy atom. The van der Waals surface area contributed by atoms with E-state index in [1.807, 2.05) is 0 Å². The van der Waals surface area contributed by atoms with Crippen LogP contribution in [0.3, 0.4) is 0 Å². The van der Waals surface area contributed by atoms with Crippen LogP contribution in [-0.2, 0) is 26.2 Å². The van der Waals surface area contributed by atoms with E-state index in [1.165, 1.54) is 24.6 Å². The van der Waals surface area contributed by atoms with E-state index in [-0.39, 0.29) is 5.56 Å². The Hall–Kier alpha value is -2.18. The van der Waals surface area contributed by atoms with Crippen molar-refractivity contribution in [1.82, 2.24) is 5.32 Å². The second-order valence-electron chi connectivity index (χ2n) is 3.81. The van der Waals surface area contributed by atoms with Gasteiger partial charge in [-0.15, -0.1) is 0 Å². The number of ether oxygens (including phenoxy) is 2. The lowest BCUT2D eigenvalue weighted by Crippen LogP contribution is -2.46. The van der Waals surface area contributed by atoms with E-state index in [2.05, 4.69) is 10.1 Å². The van der Waals surface area contributed by atoms with Gasteiger partial charge >= 0.3 is 17.9 Å². The maximum absolute atomic E-state index is 12.5. The van der Waals surface area contributed by atoms with E-state index < -0.39 is 23.4 Å². The Kier molecular flexibility index (Phi) is 3.13. The van der Waals surface area contributed by atoms with Crippen molar-refractivity contribution in [3.63, 3.8) is 0 Å². The molecule has 0 bridgehead atoms. The average Bonchev–Trinajstić information content (AvgIpc) is 2.87. The van der Waals surface area contributed by atoms with Gasteiger partial charge in [0.15, 0.2) is 0 Å². The molecule has 4 nitrogen and oxygen atoms in total. The zero-order valence-electron chi connectivity index (χ0n) is 9.82. The van der Waals surface area contributed by atoms with Crippen molar-refractivity contribution in [3.8, 4) is 0 Å². The topological polar surface area (TPSA) is 47.6 Å². The highest BCUT2D eigenvalue weighted by molar-refractivity contribution is 5.81. The summed E-state index contributed by atoms with van der Waals surface area (Å²) in [5, 5.41) is 2.64. The number of methoxy groups -OCH3 is 1. The van der Waals surface area contributed by atoms with Crippen LogP contribution in [0.15, 0.2) is 36.7 Å². The number of alkyl halides is 3. The first-order valence-corrected chi connectivity index (χ1v) is 5.27. The van der Waals surface area contributed by atoms with Gasteiger partial charge in [-0.05, 0) is 12.1 Å². The van der Waals surface area contributed by atoms with Gasteiger partial charge in [0.05, 0.1) is 12.7 Å². The molecule has 1 aliphatic heterocycles. The monoisotopic (exact) mass is 273 g/mol. The van der Waals surface area contributed by atoms with Crippen LogP contribution in [0.5, 0.6) is 0 Å². The highest BCUT2D eigenvalue weighted by atomic mass is 19.4. The van der Waals surface area contributed by atoms with Gasteiger partial charge in [0, 0.05) is 11.8 Å². The second kappa shape index (κ2) is 4.49. The predicted molar refractivity (Wildman–Crippen MR) is 58.5 cm³/mol. The Balaban J connectivity index is 2.37. The van der Waals surface area contributed by atoms with Gasteiger partial charge in [-0.25, -0.2) is 4.79 Å². The molecule has 1 heterocycles. The molecule has 0 radical (unpaired) electrons. The molecule has 0 aliphatic carbocycles. The number of rotatable bonds is 2. The largest absolute Gasteiger partial charge is 0.464 e. The van der Waals surface area contributed by atoms with Crippen molar-refractivity contribution in [2.75, 3.05) is 7.11 Å². The summed E-state index contributed by atoms with van der Waals surface area (Å²) in [6, 6.07) is 4.09. The van der Waals surface area contributed by atoms with Gasteiger partial charge in [0.1, 0.15) is 6.26 Å². The van der Waals surface area contributed by atoms with Crippen LogP contribution in [0.1, 0.15) is 11.1 Å². The molecule has 7 heteroatoms. The summed E-state index contributed by atoms with van der Waals surface area (Å²) in [5.41, 5.74) is -2.21. The van der Waals surface area contributed by atoms with E-state index in [0.29, 0.717) is 0 Å².